The number of benzene rings is 2. The number of hydrogen-bond donors (Lipinski definition) is 1. The number of piperazine rings is 1. The average Bonchev–Trinajstić information content (AvgIpc) is 3.31. The van der Waals surface area contributed by atoms with Gasteiger partial charge in [-0.15, -0.1) is 0 Å². The molecule has 5 rings (SSSR count). The topological polar surface area (TPSA) is 83.4 Å². The zero-order valence-corrected chi connectivity index (χ0v) is 25.2. The number of carbonyl (C=O) groups is 3. The van der Waals surface area contributed by atoms with E-state index in [0.29, 0.717) is 54.9 Å². The van der Waals surface area contributed by atoms with Gasteiger partial charge in [-0.2, -0.15) is 0 Å². The van der Waals surface area contributed by atoms with E-state index in [4.69, 9.17) is 4.74 Å². The highest BCUT2D eigenvalue weighted by Crippen LogP contribution is 2.37. The van der Waals surface area contributed by atoms with Gasteiger partial charge >= 0.3 is 6.09 Å². The minimum atomic E-state index is -0.611. The Morgan fingerprint density at radius 3 is 2.26 bits per heavy atom. The number of carbonyl (C=O) groups excluding carboxylic acids is 3. The van der Waals surface area contributed by atoms with Crippen LogP contribution in [0, 0.1) is 12.7 Å². The summed E-state index contributed by atoms with van der Waals surface area (Å²) >= 11 is 0. The van der Waals surface area contributed by atoms with E-state index >= 15 is 0 Å². The van der Waals surface area contributed by atoms with Gasteiger partial charge in [-0.3, -0.25) is 9.59 Å². The lowest BCUT2D eigenvalue weighted by Gasteiger charge is -2.35. The molecule has 1 saturated heterocycles. The van der Waals surface area contributed by atoms with Crippen molar-refractivity contribution in [1.82, 2.24) is 19.5 Å². The van der Waals surface area contributed by atoms with Gasteiger partial charge < -0.3 is 24.3 Å². The molecule has 9 heteroatoms. The molecule has 4 aromatic rings. The quantitative estimate of drug-likeness (QED) is 0.326. The number of nitrogens with zero attached hydrogens (tertiary/aromatic N) is 3. The predicted octanol–water partition coefficient (Wildman–Crippen LogP) is 5.70. The second-order valence-corrected chi connectivity index (χ2v) is 11.8. The lowest BCUT2D eigenvalue weighted by molar-refractivity contribution is 0.0140. The number of hydrogen-bond acceptors (Lipinski definition) is 4. The van der Waals surface area contributed by atoms with Gasteiger partial charge in [-0.05, 0) is 68.1 Å². The first-order valence-corrected chi connectivity index (χ1v) is 14.4. The second-order valence-electron chi connectivity index (χ2n) is 11.8. The third kappa shape index (κ3) is 6.11. The smallest absolute Gasteiger partial charge is 0.410 e. The summed E-state index contributed by atoms with van der Waals surface area (Å²) in [6.07, 6.45) is 1.66. The Kier molecular flexibility index (Phi) is 8.26. The summed E-state index contributed by atoms with van der Waals surface area (Å²) in [4.78, 5) is 43.1. The maximum Gasteiger partial charge on any atom is 0.410 e. The van der Waals surface area contributed by atoms with Crippen LogP contribution in [0.15, 0.2) is 66.9 Å². The van der Waals surface area contributed by atoms with Crippen LogP contribution < -0.4 is 5.32 Å². The van der Waals surface area contributed by atoms with Gasteiger partial charge in [0.2, 0.25) is 0 Å². The molecule has 1 aliphatic rings. The molecule has 1 fully saturated rings. The van der Waals surface area contributed by atoms with E-state index in [1.54, 1.807) is 48.2 Å². The van der Waals surface area contributed by atoms with Crippen LogP contribution in [0.3, 0.4) is 0 Å². The van der Waals surface area contributed by atoms with Gasteiger partial charge in [0, 0.05) is 57.0 Å². The molecule has 3 heterocycles. The average molecular weight is 585 g/mol. The first kappa shape index (κ1) is 29.8. The van der Waals surface area contributed by atoms with Crippen molar-refractivity contribution in [2.75, 3.05) is 33.2 Å². The third-order valence-electron chi connectivity index (χ3n) is 7.76. The van der Waals surface area contributed by atoms with Crippen LogP contribution in [0.1, 0.15) is 58.3 Å². The standard InChI is InChI=1S/C34H37FN4O4/c1-22-24(12-9-13-27(22)35)20-26-29(23-10-7-6-8-11-23)28-21-25(31(40)36-5)14-15-39(28)30(26)32(41)37-16-18-38(19-17-37)33(42)43-34(2,3)4/h6-15,21H,16-20H2,1-5H3,(H,36,40). The fraction of sp³-hybridized carbons (Fsp3) is 0.324. The van der Waals surface area contributed by atoms with E-state index in [-0.39, 0.29) is 17.6 Å². The summed E-state index contributed by atoms with van der Waals surface area (Å²) in [5.74, 6) is -0.746. The number of pyridine rings is 1. The molecule has 1 aliphatic heterocycles. The van der Waals surface area contributed by atoms with Crippen LogP contribution in [-0.2, 0) is 11.2 Å². The molecule has 0 aliphatic carbocycles. The van der Waals surface area contributed by atoms with E-state index in [1.807, 2.05) is 61.6 Å². The van der Waals surface area contributed by atoms with Gasteiger partial charge in [-0.25, -0.2) is 9.18 Å². The molecule has 43 heavy (non-hydrogen) atoms. The lowest BCUT2D eigenvalue weighted by Crippen LogP contribution is -2.51. The molecule has 0 atom stereocenters. The monoisotopic (exact) mass is 584 g/mol. The fourth-order valence-corrected chi connectivity index (χ4v) is 5.53. The number of aromatic nitrogens is 1. The molecule has 2 aromatic carbocycles. The van der Waals surface area contributed by atoms with Gasteiger partial charge in [-0.1, -0.05) is 42.5 Å². The molecule has 1 N–H and O–H groups in total. The molecular formula is C34H37FN4O4. The highest BCUT2D eigenvalue weighted by molar-refractivity contribution is 6.03. The van der Waals surface area contributed by atoms with E-state index in [2.05, 4.69) is 5.32 Å². The zero-order chi connectivity index (χ0) is 30.9. The normalized spacial score (nSPS) is 13.7. The molecule has 0 saturated carbocycles. The molecular weight excluding hydrogens is 547 g/mol. The van der Waals surface area contributed by atoms with Gasteiger partial charge in [0.1, 0.15) is 17.1 Å². The number of fused-ring (bicyclic) bond motifs is 1. The number of rotatable bonds is 5. The molecule has 8 nitrogen and oxygen atoms in total. The largest absolute Gasteiger partial charge is 0.444 e. The van der Waals surface area contributed by atoms with Crippen molar-refractivity contribution >= 4 is 23.4 Å². The molecule has 0 unspecified atom stereocenters. The highest BCUT2D eigenvalue weighted by Gasteiger charge is 2.32. The molecule has 0 spiro atoms. The lowest BCUT2D eigenvalue weighted by atomic mass is 9.93. The van der Waals surface area contributed by atoms with Crippen LogP contribution in [0.4, 0.5) is 9.18 Å². The maximum atomic E-state index is 14.7. The van der Waals surface area contributed by atoms with Crippen LogP contribution in [0.2, 0.25) is 0 Å². The van der Waals surface area contributed by atoms with Gasteiger partial charge in [0.25, 0.3) is 11.8 Å². The summed E-state index contributed by atoms with van der Waals surface area (Å²) in [5, 5.41) is 2.67. The fourth-order valence-electron chi connectivity index (χ4n) is 5.53. The van der Waals surface area contributed by atoms with Crippen LogP contribution in [0.25, 0.3) is 16.6 Å². The van der Waals surface area contributed by atoms with E-state index in [9.17, 15) is 18.8 Å². The van der Waals surface area contributed by atoms with Crippen LogP contribution in [0.5, 0.6) is 0 Å². The summed E-state index contributed by atoms with van der Waals surface area (Å²) in [6, 6.07) is 18.2. The number of halogens is 1. The summed E-state index contributed by atoms with van der Waals surface area (Å²) in [5.41, 5.74) is 4.73. The van der Waals surface area contributed by atoms with Crippen molar-refractivity contribution in [2.24, 2.45) is 0 Å². The number of amides is 3. The van der Waals surface area contributed by atoms with Crippen molar-refractivity contribution in [3.8, 4) is 11.1 Å². The zero-order valence-electron chi connectivity index (χ0n) is 25.2. The van der Waals surface area contributed by atoms with E-state index < -0.39 is 11.7 Å². The van der Waals surface area contributed by atoms with Crippen LogP contribution in [-0.4, -0.2) is 70.9 Å². The van der Waals surface area contributed by atoms with E-state index in [0.717, 1.165) is 22.3 Å². The Hall–Kier alpha value is -4.66. The molecule has 224 valence electrons. The Balaban J connectivity index is 1.63. The third-order valence-corrected chi connectivity index (χ3v) is 7.76. The van der Waals surface area contributed by atoms with E-state index in [1.165, 1.54) is 6.07 Å². The van der Waals surface area contributed by atoms with Crippen molar-refractivity contribution in [1.29, 1.82) is 0 Å². The van der Waals surface area contributed by atoms with Gasteiger partial charge in [0.15, 0.2) is 0 Å². The summed E-state index contributed by atoms with van der Waals surface area (Å²) in [6.45, 7) is 8.56. The number of ether oxygens (including phenoxy) is 1. The minimum absolute atomic E-state index is 0.197. The van der Waals surface area contributed by atoms with Gasteiger partial charge in [0.05, 0.1) is 5.52 Å². The Bertz CT molecular complexity index is 1680. The Labute approximate surface area is 251 Å². The first-order valence-electron chi connectivity index (χ1n) is 14.4. The Morgan fingerprint density at radius 2 is 1.60 bits per heavy atom. The van der Waals surface area contributed by atoms with Crippen molar-refractivity contribution in [3.63, 3.8) is 0 Å². The first-order chi connectivity index (χ1) is 20.5. The molecule has 0 radical (unpaired) electrons. The minimum Gasteiger partial charge on any atom is -0.444 e. The molecule has 0 bridgehead atoms. The maximum absolute atomic E-state index is 14.7. The highest BCUT2D eigenvalue weighted by atomic mass is 19.1. The second kappa shape index (κ2) is 11.9. The van der Waals surface area contributed by atoms with Crippen molar-refractivity contribution < 1.29 is 23.5 Å². The predicted molar refractivity (Wildman–Crippen MR) is 164 cm³/mol. The van der Waals surface area contributed by atoms with Crippen molar-refractivity contribution in [3.05, 3.63) is 101 Å². The number of nitrogens with one attached hydrogen (secondary N) is 1. The summed E-state index contributed by atoms with van der Waals surface area (Å²) in [7, 11) is 1.58. The molecule has 2 aromatic heterocycles. The summed E-state index contributed by atoms with van der Waals surface area (Å²) < 4.78 is 22.0. The SMILES string of the molecule is CNC(=O)c1ccn2c(C(=O)N3CCN(C(=O)OC(C)(C)C)CC3)c(Cc3cccc(F)c3C)c(-c3ccccc3)c2c1. The van der Waals surface area contributed by atoms with Crippen molar-refractivity contribution in [2.45, 2.75) is 39.7 Å². The Morgan fingerprint density at radius 1 is 0.930 bits per heavy atom. The molecule has 3 amide bonds. The van der Waals surface area contributed by atoms with Crippen LogP contribution >= 0.6 is 0 Å².